The van der Waals surface area contributed by atoms with Gasteiger partial charge in [-0.05, 0) is 37.1 Å². The third-order valence-corrected chi connectivity index (χ3v) is 2.88. The number of methoxy groups -OCH3 is 1. The number of hydrogen-bond acceptors (Lipinski definition) is 3. The third-order valence-electron chi connectivity index (χ3n) is 2.88. The van der Waals surface area contributed by atoms with E-state index in [-0.39, 0.29) is 0 Å². The molecule has 0 amide bonds. The van der Waals surface area contributed by atoms with E-state index in [4.69, 9.17) is 14.6 Å². The van der Waals surface area contributed by atoms with Crippen LogP contribution in [0.4, 0.5) is 0 Å². The van der Waals surface area contributed by atoms with Crippen molar-refractivity contribution in [1.29, 1.82) is 0 Å². The highest BCUT2D eigenvalue weighted by molar-refractivity contribution is 5.31. The maximum absolute atomic E-state index is 8.64. The largest absolute Gasteiger partial charge is 0.497 e. The van der Waals surface area contributed by atoms with Gasteiger partial charge in [0.1, 0.15) is 11.5 Å². The van der Waals surface area contributed by atoms with Crippen LogP contribution in [-0.4, -0.2) is 25.4 Å². The lowest BCUT2D eigenvalue weighted by Crippen LogP contribution is -1.97. The molecular weight excluding hydrogens is 228 g/mol. The summed E-state index contributed by atoms with van der Waals surface area (Å²) in [6.45, 7) is 1.09. The fourth-order valence-electron chi connectivity index (χ4n) is 1.78. The standard InChI is InChI=1S/C15H24O3/c1-17-14-8-10-15(11-9-14)18-13-7-5-3-2-4-6-12-16/h8-11,16H,2-7,12-13H2,1H3. The van der Waals surface area contributed by atoms with Crippen LogP contribution in [0.3, 0.4) is 0 Å². The van der Waals surface area contributed by atoms with Gasteiger partial charge in [0.05, 0.1) is 13.7 Å². The van der Waals surface area contributed by atoms with Gasteiger partial charge in [0, 0.05) is 6.61 Å². The van der Waals surface area contributed by atoms with Gasteiger partial charge in [-0.3, -0.25) is 0 Å². The molecule has 0 aliphatic heterocycles. The van der Waals surface area contributed by atoms with Gasteiger partial charge < -0.3 is 14.6 Å². The lowest BCUT2D eigenvalue weighted by Gasteiger charge is -2.06. The van der Waals surface area contributed by atoms with Crippen LogP contribution in [0, 0.1) is 0 Å². The molecule has 1 rings (SSSR count). The molecule has 102 valence electrons. The number of unbranched alkanes of at least 4 members (excludes halogenated alkanes) is 5. The lowest BCUT2D eigenvalue weighted by atomic mass is 10.1. The zero-order valence-electron chi connectivity index (χ0n) is 11.2. The topological polar surface area (TPSA) is 38.7 Å². The molecule has 0 aromatic heterocycles. The third kappa shape index (κ3) is 6.50. The highest BCUT2D eigenvalue weighted by Gasteiger charge is 1.95. The molecule has 1 N–H and O–H groups in total. The van der Waals surface area contributed by atoms with Gasteiger partial charge in [-0.25, -0.2) is 0 Å². The predicted molar refractivity (Wildman–Crippen MR) is 73.3 cm³/mol. The Labute approximate surface area is 110 Å². The number of aliphatic hydroxyl groups excluding tert-OH is 1. The van der Waals surface area contributed by atoms with E-state index in [1.165, 1.54) is 19.3 Å². The highest BCUT2D eigenvalue weighted by Crippen LogP contribution is 2.17. The molecule has 0 radical (unpaired) electrons. The SMILES string of the molecule is COc1ccc(OCCCCCCCCO)cc1. The van der Waals surface area contributed by atoms with E-state index in [1.807, 2.05) is 24.3 Å². The van der Waals surface area contributed by atoms with Gasteiger partial charge in [0.25, 0.3) is 0 Å². The van der Waals surface area contributed by atoms with Crippen molar-refractivity contribution in [2.75, 3.05) is 20.3 Å². The van der Waals surface area contributed by atoms with E-state index >= 15 is 0 Å². The Hall–Kier alpha value is -1.22. The first-order valence-corrected chi connectivity index (χ1v) is 6.74. The van der Waals surface area contributed by atoms with Crippen LogP contribution in [0.2, 0.25) is 0 Å². The monoisotopic (exact) mass is 252 g/mol. The Morgan fingerprint density at radius 3 is 2.00 bits per heavy atom. The van der Waals surface area contributed by atoms with Gasteiger partial charge in [0.15, 0.2) is 0 Å². The van der Waals surface area contributed by atoms with Crippen molar-refractivity contribution in [3.05, 3.63) is 24.3 Å². The molecule has 0 aliphatic carbocycles. The second-order valence-electron chi connectivity index (χ2n) is 4.37. The predicted octanol–water partition coefficient (Wildman–Crippen LogP) is 3.41. The lowest BCUT2D eigenvalue weighted by molar-refractivity contribution is 0.280. The zero-order valence-corrected chi connectivity index (χ0v) is 11.2. The van der Waals surface area contributed by atoms with Gasteiger partial charge in [0.2, 0.25) is 0 Å². The summed E-state index contributed by atoms with van der Waals surface area (Å²) in [7, 11) is 1.66. The quantitative estimate of drug-likeness (QED) is 0.649. The molecule has 0 bridgehead atoms. The Morgan fingerprint density at radius 1 is 0.833 bits per heavy atom. The Bertz CT molecular complexity index is 295. The first-order valence-electron chi connectivity index (χ1n) is 6.74. The van der Waals surface area contributed by atoms with Crippen molar-refractivity contribution in [3.8, 4) is 11.5 Å². The van der Waals surface area contributed by atoms with Crippen molar-refractivity contribution < 1.29 is 14.6 Å². The fourth-order valence-corrected chi connectivity index (χ4v) is 1.78. The summed E-state index contributed by atoms with van der Waals surface area (Å²) in [6, 6.07) is 7.68. The number of rotatable bonds is 10. The summed E-state index contributed by atoms with van der Waals surface area (Å²) in [5.41, 5.74) is 0. The molecule has 0 aliphatic rings. The summed E-state index contributed by atoms with van der Waals surface area (Å²) in [5.74, 6) is 1.75. The molecule has 0 saturated carbocycles. The van der Waals surface area contributed by atoms with Crippen molar-refractivity contribution in [3.63, 3.8) is 0 Å². The fraction of sp³-hybridized carbons (Fsp3) is 0.600. The molecule has 0 unspecified atom stereocenters. The molecule has 3 heteroatoms. The molecule has 3 nitrogen and oxygen atoms in total. The van der Waals surface area contributed by atoms with Gasteiger partial charge in [-0.2, -0.15) is 0 Å². The van der Waals surface area contributed by atoms with Gasteiger partial charge >= 0.3 is 0 Å². The Morgan fingerprint density at radius 2 is 1.39 bits per heavy atom. The van der Waals surface area contributed by atoms with Crippen LogP contribution in [0.1, 0.15) is 38.5 Å². The number of hydrogen-bond donors (Lipinski definition) is 1. The summed E-state index contributed by atoms with van der Waals surface area (Å²) < 4.78 is 10.7. The average Bonchev–Trinajstić information content (AvgIpc) is 2.42. The van der Waals surface area contributed by atoms with E-state index in [1.54, 1.807) is 7.11 Å². The van der Waals surface area contributed by atoms with Gasteiger partial charge in [-0.1, -0.05) is 25.7 Å². The van der Waals surface area contributed by atoms with E-state index in [0.29, 0.717) is 6.61 Å². The molecule has 18 heavy (non-hydrogen) atoms. The first kappa shape index (κ1) is 14.8. The summed E-state index contributed by atoms with van der Waals surface area (Å²) in [6.07, 6.45) is 6.79. The molecule has 0 atom stereocenters. The van der Waals surface area contributed by atoms with Crippen LogP contribution in [0.15, 0.2) is 24.3 Å². The van der Waals surface area contributed by atoms with Crippen molar-refractivity contribution in [2.45, 2.75) is 38.5 Å². The molecule has 0 fully saturated rings. The van der Waals surface area contributed by atoms with Crippen LogP contribution >= 0.6 is 0 Å². The number of aliphatic hydroxyl groups is 1. The van der Waals surface area contributed by atoms with Crippen LogP contribution in [-0.2, 0) is 0 Å². The van der Waals surface area contributed by atoms with Crippen molar-refractivity contribution >= 4 is 0 Å². The number of ether oxygens (including phenoxy) is 2. The minimum absolute atomic E-state index is 0.320. The molecule has 1 aromatic rings. The smallest absolute Gasteiger partial charge is 0.119 e. The first-order chi connectivity index (χ1) is 8.86. The number of benzene rings is 1. The summed E-state index contributed by atoms with van der Waals surface area (Å²) >= 11 is 0. The van der Waals surface area contributed by atoms with Crippen molar-refractivity contribution in [2.24, 2.45) is 0 Å². The maximum atomic E-state index is 8.64. The molecule has 0 heterocycles. The molecule has 1 aromatic carbocycles. The van der Waals surface area contributed by atoms with Crippen LogP contribution in [0.25, 0.3) is 0 Å². The maximum Gasteiger partial charge on any atom is 0.119 e. The van der Waals surface area contributed by atoms with E-state index in [0.717, 1.165) is 37.4 Å². The second kappa shape index (κ2) is 9.77. The minimum Gasteiger partial charge on any atom is -0.497 e. The zero-order chi connectivity index (χ0) is 13.1. The highest BCUT2D eigenvalue weighted by atomic mass is 16.5. The second-order valence-corrected chi connectivity index (χ2v) is 4.37. The minimum atomic E-state index is 0.320. The van der Waals surface area contributed by atoms with E-state index < -0.39 is 0 Å². The summed E-state index contributed by atoms with van der Waals surface area (Å²) in [4.78, 5) is 0. The summed E-state index contributed by atoms with van der Waals surface area (Å²) in [5, 5.41) is 8.64. The van der Waals surface area contributed by atoms with Crippen LogP contribution < -0.4 is 9.47 Å². The van der Waals surface area contributed by atoms with Crippen molar-refractivity contribution in [1.82, 2.24) is 0 Å². The van der Waals surface area contributed by atoms with Gasteiger partial charge in [-0.15, -0.1) is 0 Å². The Kier molecular flexibility index (Phi) is 8.06. The Balaban J connectivity index is 2.00. The normalized spacial score (nSPS) is 10.3. The molecule has 0 saturated heterocycles. The van der Waals surface area contributed by atoms with Crippen LogP contribution in [0.5, 0.6) is 11.5 Å². The molecular formula is C15H24O3. The van der Waals surface area contributed by atoms with E-state index in [9.17, 15) is 0 Å². The average molecular weight is 252 g/mol. The van der Waals surface area contributed by atoms with E-state index in [2.05, 4.69) is 0 Å². The molecule has 0 spiro atoms.